The van der Waals surface area contributed by atoms with Gasteiger partial charge >= 0.3 is 0 Å². The zero-order chi connectivity index (χ0) is 8.43. The zero-order valence-electron chi connectivity index (χ0n) is 5.54. The molecule has 0 bridgehead atoms. The van der Waals surface area contributed by atoms with Crippen LogP contribution in [0.2, 0.25) is 5.02 Å². The number of hydrogen-bond donors (Lipinski definition) is 2. The molecular weight excluding hydrogens is 166 g/mol. The molecule has 4 N–H and O–H groups in total. The molecule has 0 saturated carbocycles. The number of carbonyl (C=O) groups excluding carboxylic acids is 1. The molecule has 1 aromatic rings. The van der Waals surface area contributed by atoms with Gasteiger partial charge in [-0.25, -0.2) is 0 Å². The minimum absolute atomic E-state index is 0.145. The molecule has 58 valence electrons. The van der Waals surface area contributed by atoms with Gasteiger partial charge in [-0.3, -0.25) is 9.78 Å². The van der Waals surface area contributed by atoms with Gasteiger partial charge in [0.05, 0.1) is 22.5 Å². The van der Waals surface area contributed by atoms with Crippen molar-refractivity contribution in [3.8, 4) is 0 Å². The Balaban J connectivity index is 3.27. The predicted octanol–water partition coefficient (Wildman–Crippen LogP) is 0.416. The van der Waals surface area contributed by atoms with Crippen LogP contribution in [0.3, 0.4) is 0 Å². The second kappa shape index (κ2) is 2.75. The van der Waals surface area contributed by atoms with Crippen LogP contribution >= 0.6 is 11.6 Å². The fraction of sp³-hybridized carbons (Fsp3) is 0. The quantitative estimate of drug-likeness (QED) is 0.642. The molecule has 0 atom stereocenters. The molecule has 0 spiro atoms. The van der Waals surface area contributed by atoms with Gasteiger partial charge in [-0.1, -0.05) is 11.6 Å². The first kappa shape index (κ1) is 7.81. The summed E-state index contributed by atoms with van der Waals surface area (Å²) in [6, 6.07) is 0. The van der Waals surface area contributed by atoms with Crippen LogP contribution in [-0.2, 0) is 0 Å². The molecule has 1 amide bonds. The van der Waals surface area contributed by atoms with Crippen molar-refractivity contribution in [2.45, 2.75) is 0 Å². The van der Waals surface area contributed by atoms with E-state index in [0.717, 1.165) is 0 Å². The largest absolute Gasteiger partial charge is 0.396 e. The van der Waals surface area contributed by atoms with Crippen LogP contribution in [0.1, 0.15) is 10.4 Å². The van der Waals surface area contributed by atoms with E-state index in [-0.39, 0.29) is 16.3 Å². The fourth-order valence-corrected chi connectivity index (χ4v) is 0.823. The van der Waals surface area contributed by atoms with E-state index in [9.17, 15) is 4.79 Å². The molecule has 0 aromatic carbocycles. The molecule has 0 aliphatic carbocycles. The summed E-state index contributed by atoms with van der Waals surface area (Å²) in [4.78, 5) is 14.3. The Hall–Kier alpha value is -1.29. The van der Waals surface area contributed by atoms with E-state index in [2.05, 4.69) is 4.98 Å². The van der Waals surface area contributed by atoms with E-state index >= 15 is 0 Å². The molecule has 1 aromatic heterocycles. The number of carbonyl (C=O) groups is 1. The number of halogens is 1. The highest BCUT2D eigenvalue weighted by Crippen LogP contribution is 2.20. The smallest absolute Gasteiger partial charge is 0.251 e. The lowest BCUT2D eigenvalue weighted by Crippen LogP contribution is -2.12. The highest BCUT2D eigenvalue weighted by Gasteiger charge is 2.08. The van der Waals surface area contributed by atoms with E-state index in [1.54, 1.807) is 0 Å². The van der Waals surface area contributed by atoms with Crippen LogP contribution in [0.15, 0.2) is 12.4 Å². The van der Waals surface area contributed by atoms with Crippen molar-refractivity contribution in [3.05, 3.63) is 23.0 Å². The first-order chi connectivity index (χ1) is 5.13. The van der Waals surface area contributed by atoms with Crippen molar-refractivity contribution >= 4 is 23.2 Å². The third-order valence-electron chi connectivity index (χ3n) is 1.17. The monoisotopic (exact) mass is 171 g/mol. The molecule has 1 heterocycles. The lowest BCUT2D eigenvalue weighted by molar-refractivity contribution is 0.1000. The van der Waals surface area contributed by atoms with Gasteiger partial charge in [-0.2, -0.15) is 0 Å². The van der Waals surface area contributed by atoms with Crippen molar-refractivity contribution in [2.75, 3.05) is 5.73 Å². The molecule has 0 fully saturated rings. The Morgan fingerprint density at radius 2 is 2.18 bits per heavy atom. The van der Waals surface area contributed by atoms with Crippen LogP contribution in [0, 0.1) is 0 Å². The van der Waals surface area contributed by atoms with Gasteiger partial charge in [-0.15, -0.1) is 0 Å². The van der Waals surface area contributed by atoms with E-state index in [4.69, 9.17) is 23.1 Å². The molecule has 11 heavy (non-hydrogen) atoms. The number of rotatable bonds is 1. The summed E-state index contributed by atoms with van der Waals surface area (Å²) in [6.07, 6.45) is 2.63. The van der Waals surface area contributed by atoms with Crippen LogP contribution in [0.5, 0.6) is 0 Å². The topological polar surface area (TPSA) is 82.0 Å². The summed E-state index contributed by atoms with van der Waals surface area (Å²) in [6.45, 7) is 0. The molecule has 0 radical (unpaired) electrons. The fourth-order valence-electron chi connectivity index (χ4n) is 0.633. The number of nitrogens with two attached hydrogens (primary N) is 2. The first-order valence-electron chi connectivity index (χ1n) is 2.81. The zero-order valence-corrected chi connectivity index (χ0v) is 6.30. The van der Waals surface area contributed by atoms with Crippen LogP contribution in [0.25, 0.3) is 0 Å². The van der Waals surface area contributed by atoms with Crippen LogP contribution in [-0.4, -0.2) is 10.9 Å². The highest BCUT2D eigenvalue weighted by atomic mass is 35.5. The Labute approximate surface area is 68.2 Å². The maximum Gasteiger partial charge on any atom is 0.251 e. The van der Waals surface area contributed by atoms with Crippen molar-refractivity contribution < 1.29 is 4.79 Å². The number of aromatic nitrogens is 1. The Kier molecular flexibility index (Phi) is 1.96. The predicted molar refractivity (Wildman–Crippen MR) is 42.2 cm³/mol. The minimum atomic E-state index is -0.630. The number of nitrogens with zero attached hydrogens (tertiary/aromatic N) is 1. The molecule has 0 aliphatic rings. The van der Waals surface area contributed by atoms with Crippen molar-refractivity contribution in [1.82, 2.24) is 4.98 Å². The average molecular weight is 172 g/mol. The number of amides is 1. The first-order valence-corrected chi connectivity index (χ1v) is 3.19. The van der Waals surface area contributed by atoms with E-state index in [1.165, 1.54) is 12.4 Å². The second-order valence-electron chi connectivity index (χ2n) is 1.95. The molecule has 1 rings (SSSR count). The molecular formula is C6H6ClN3O. The standard InChI is InChI=1S/C6H6ClN3O/c7-5-3(6(9)11)1-10-2-4(5)8/h1-2H,8H2,(H2,9,11). The third-order valence-corrected chi connectivity index (χ3v) is 1.59. The van der Waals surface area contributed by atoms with Crippen molar-refractivity contribution in [1.29, 1.82) is 0 Å². The summed E-state index contributed by atoms with van der Waals surface area (Å²) < 4.78 is 0. The maximum atomic E-state index is 10.6. The van der Waals surface area contributed by atoms with Crippen molar-refractivity contribution in [3.63, 3.8) is 0 Å². The SMILES string of the molecule is NC(=O)c1cncc(N)c1Cl. The molecule has 4 nitrogen and oxygen atoms in total. The summed E-state index contributed by atoms with van der Waals surface area (Å²) in [5.74, 6) is -0.630. The van der Waals surface area contributed by atoms with Crippen molar-refractivity contribution in [2.24, 2.45) is 5.73 Å². The maximum absolute atomic E-state index is 10.6. The van der Waals surface area contributed by atoms with Gasteiger partial charge in [0.1, 0.15) is 0 Å². The van der Waals surface area contributed by atoms with Gasteiger partial charge < -0.3 is 11.5 Å². The van der Waals surface area contributed by atoms with E-state index < -0.39 is 5.91 Å². The van der Waals surface area contributed by atoms with Gasteiger partial charge in [0, 0.05) is 6.20 Å². The Bertz CT molecular complexity index is 300. The van der Waals surface area contributed by atoms with Gasteiger partial charge in [0.25, 0.3) is 5.91 Å². The number of primary amides is 1. The lowest BCUT2D eigenvalue weighted by atomic mass is 10.2. The molecule has 0 unspecified atom stereocenters. The van der Waals surface area contributed by atoms with Gasteiger partial charge in [0.15, 0.2) is 0 Å². The Morgan fingerprint density at radius 1 is 1.55 bits per heavy atom. The van der Waals surface area contributed by atoms with Gasteiger partial charge in [-0.05, 0) is 0 Å². The average Bonchev–Trinajstić information content (AvgIpc) is 1.94. The van der Waals surface area contributed by atoms with Gasteiger partial charge in [0.2, 0.25) is 0 Å². The number of nitrogen functional groups attached to an aromatic ring is 1. The number of pyridine rings is 1. The summed E-state index contributed by atoms with van der Waals surface area (Å²) >= 11 is 5.62. The van der Waals surface area contributed by atoms with Crippen LogP contribution in [0.4, 0.5) is 5.69 Å². The number of hydrogen-bond acceptors (Lipinski definition) is 3. The molecule has 0 aliphatic heterocycles. The molecule has 0 saturated heterocycles. The van der Waals surface area contributed by atoms with E-state index in [0.29, 0.717) is 0 Å². The van der Waals surface area contributed by atoms with Crippen LogP contribution < -0.4 is 11.5 Å². The lowest BCUT2D eigenvalue weighted by Gasteiger charge is -1.99. The second-order valence-corrected chi connectivity index (χ2v) is 2.33. The third kappa shape index (κ3) is 1.40. The summed E-state index contributed by atoms with van der Waals surface area (Å²) in [7, 11) is 0. The minimum Gasteiger partial charge on any atom is -0.396 e. The summed E-state index contributed by atoms with van der Waals surface area (Å²) in [5.41, 5.74) is 10.7. The normalized spacial score (nSPS) is 9.55. The van der Waals surface area contributed by atoms with E-state index in [1.807, 2.05) is 0 Å². The highest BCUT2D eigenvalue weighted by molar-refractivity contribution is 6.36. The number of anilines is 1. The Morgan fingerprint density at radius 3 is 2.64 bits per heavy atom. The molecule has 5 heteroatoms. The summed E-state index contributed by atoms with van der Waals surface area (Å²) in [5, 5.41) is 0.160.